The lowest BCUT2D eigenvalue weighted by Crippen LogP contribution is -2.06. The van der Waals surface area contributed by atoms with E-state index in [-0.39, 0.29) is 0 Å². The van der Waals surface area contributed by atoms with Crippen molar-refractivity contribution in [3.8, 4) is 11.5 Å². The summed E-state index contributed by atoms with van der Waals surface area (Å²) >= 11 is 5.91. The van der Waals surface area contributed by atoms with Crippen molar-refractivity contribution < 1.29 is 4.74 Å². The van der Waals surface area contributed by atoms with Gasteiger partial charge in [0.2, 0.25) is 0 Å². The smallest absolute Gasteiger partial charge is 0.130 e. The molecule has 94 valence electrons. The Kier molecular flexibility index (Phi) is 4.18. The molecule has 0 aliphatic rings. The predicted molar refractivity (Wildman–Crippen MR) is 73.3 cm³/mol. The van der Waals surface area contributed by atoms with Gasteiger partial charge in [-0.3, -0.25) is 4.98 Å². The maximum Gasteiger partial charge on any atom is 0.130 e. The van der Waals surface area contributed by atoms with Crippen LogP contribution in [0.2, 0.25) is 5.02 Å². The van der Waals surface area contributed by atoms with Gasteiger partial charge in [-0.1, -0.05) is 11.6 Å². The summed E-state index contributed by atoms with van der Waals surface area (Å²) in [5.41, 5.74) is 1.95. The lowest BCUT2D eigenvalue weighted by molar-refractivity contribution is 0.477. The Bertz CT molecular complexity index is 543. The van der Waals surface area contributed by atoms with Crippen molar-refractivity contribution in [2.75, 3.05) is 7.05 Å². The minimum atomic E-state index is 0.713. The van der Waals surface area contributed by atoms with Gasteiger partial charge in [0.1, 0.15) is 11.5 Å². The third-order valence-corrected chi connectivity index (χ3v) is 2.75. The summed E-state index contributed by atoms with van der Waals surface area (Å²) in [6.45, 7) is 2.69. The number of rotatable bonds is 4. The van der Waals surface area contributed by atoms with E-state index < -0.39 is 0 Å². The average Bonchev–Trinajstić information content (AvgIpc) is 2.34. The highest BCUT2D eigenvalue weighted by Crippen LogP contribution is 2.27. The fourth-order valence-corrected chi connectivity index (χ4v) is 1.88. The van der Waals surface area contributed by atoms with Gasteiger partial charge in [0.15, 0.2) is 0 Å². The van der Waals surface area contributed by atoms with Crippen LogP contribution in [0.15, 0.2) is 36.5 Å². The molecule has 0 atom stereocenters. The van der Waals surface area contributed by atoms with Crippen molar-refractivity contribution in [1.82, 2.24) is 10.3 Å². The van der Waals surface area contributed by atoms with E-state index >= 15 is 0 Å². The van der Waals surface area contributed by atoms with Crippen LogP contribution in [0.4, 0.5) is 0 Å². The number of nitrogens with zero attached hydrogens (tertiary/aromatic N) is 1. The molecular formula is C14H15ClN2O. The summed E-state index contributed by atoms with van der Waals surface area (Å²) in [5, 5.41) is 3.77. The molecule has 1 aromatic heterocycles. The zero-order valence-corrected chi connectivity index (χ0v) is 11.2. The SMILES string of the molecule is CNCc1cc(Oc2ccc(Cl)cc2C)ccn1. The standard InChI is InChI=1S/C14H15ClN2O/c1-10-7-11(15)3-4-14(10)18-13-5-6-17-12(8-13)9-16-2/h3-8,16H,9H2,1-2H3. The number of hydrogen-bond donors (Lipinski definition) is 1. The highest BCUT2D eigenvalue weighted by Gasteiger charge is 2.03. The van der Waals surface area contributed by atoms with Crippen molar-refractivity contribution in [2.24, 2.45) is 0 Å². The summed E-state index contributed by atoms with van der Waals surface area (Å²) in [5.74, 6) is 1.58. The Labute approximate surface area is 112 Å². The molecule has 2 rings (SSSR count). The molecule has 4 heteroatoms. The lowest BCUT2D eigenvalue weighted by atomic mass is 10.2. The molecule has 18 heavy (non-hydrogen) atoms. The van der Waals surface area contributed by atoms with Crippen LogP contribution < -0.4 is 10.1 Å². The summed E-state index contributed by atoms with van der Waals surface area (Å²) in [6.07, 6.45) is 1.74. The van der Waals surface area contributed by atoms with E-state index in [1.165, 1.54) is 0 Å². The molecule has 0 unspecified atom stereocenters. The molecule has 0 radical (unpaired) electrons. The van der Waals surface area contributed by atoms with Crippen LogP contribution in [0.5, 0.6) is 11.5 Å². The Morgan fingerprint density at radius 1 is 1.28 bits per heavy atom. The second-order valence-corrected chi connectivity index (χ2v) is 4.46. The topological polar surface area (TPSA) is 34.1 Å². The molecule has 2 aromatic rings. The monoisotopic (exact) mass is 262 g/mol. The van der Waals surface area contributed by atoms with Crippen molar-refractivity contribution in [1.29, 1.82) is 0 Å². The van der Waals surface area contributed by atoms with Crippen LogP contribution in [-0.4, -0.2) is 12.0 Å². The van der Waals surface area contributed by atoms with Crippen LogP contribution >= 0.6 is 11.6 Å². The number of nitrogens with one attached hydrogen (secondary N) is 1. The summed E-state index contributed by atoms with van der Waals surface area (Å²) in [4.78, 5) is 4.24. The van der Waals surface area contributed by atoms with Gasteiger partial charge in [0, 0.05) is 23.8 Å². The van der Waals surface area contributed by atoms with Crippen LogP contribution in [0.25, 0.3) is 0 Å². The third-order valence-electron chi connectivity index (χ3n) is 2.51. The first-order valence-electron chi connectivity index (χ1n) is 5.72. The largest absolute Gasteiger partial charge is 0.457 e. The van der Waals surface area contributed by atoms with E-state index in [9.17, 15) is 0 Å². The maximum absolute atomic E-state index is 5.91. The minimum Gasteiger partial charge on any atom is -0.457 e. The fraction of sp³-hybridized carbons (Fsp3) is 0.214. The van der Waals surface area contributed by atoms with Gasteiger partial charge in [-0.05, 0) is 43.8 Å². The van der Waals surface area contributed by atoms with Gasteiger partial charge in [-0.15, -0.1) is 0 Å². The zero-order valence-electron chi connectivity index (χ0n) is 10.4. The number of halogens is 1. The molecule has 0 aliphatic heterocycles. The molecule has 1 aromatic carbocycles. The fourth-order valence-electron chi connectivity index (χ4n) is 1.65. The van der Waals surface area contributed by atoms with Crippen molar-refractivity contribution in [2.45, 2.75) is 13.5 Å². The number of aryl methyl sites for hydroxylation is 1. The van der Waals surface area contributed by atoms with Gasteiger partial charge in [-0.2, -0.15) is 0 Å². The molecule has 3 nitrogen and oxygen atoms in total. The van der Waals surface area contributed by atoms with Gasteiger partial charge in [0.25, 0.3) is 0 Å². The molecule has 0 saturated heterocycles. The van der Waals surface area contributed by atoms with Crippen LogP contribution in [0, 0.1) is 6.92 Å². The van der Waals surface area contributed by atoms with Crippen molar-refractivity contribution in [3.63, 3.8) is 0 Å². The molecule has 0 amide bonds. The molecule has 1 heterocycles. The van der Waals surface area contributed by atoms with Gasteiger partial charge in [-0.25, -0.2) is 0 Å². The van der Waals surface area contributed by atoms with Crippen LogP contribution in [-0.2, 0) is 6.54 Å². The Balaban J connectivity index is 2.20. The number of ether oxygens (including phenoxy) is 1. The highest BCUT2D eigenvalue weighted by molar-refractivity contribution is 6.30. The Hall–Kier alpha value is -1.58. The highest BCUT2D eigenvalue weighted by atomic mass is 35.5. The molecule has 0 saturated carbocycles. The molecular weight excluding hydrogens is 248 g/mol. The van der Waals surface area contributed by atoms with E-state index in [1.807, 2.05) is 44.3 Å². The van der Waals surface area contributed by atoms with Gasteiger partial charge >= 0.3 is 0 Å². The minimum absolute atomic E-state index is 0.713. The third kappa shape index (κ3) is 3.22. The van der Waals surface area contributed by atoms with Crippen LogP contribution in [0.3, 0.4) is 0 Å². The number of benzene rings is 1. The van der Waals surface area contributed by atoms with E-state index in [0.29, 0.717) is 5.02 Å². The molecule has 1 N–H and O–H groups in total. The van der Waals surface area contributed by atoms with E-state index in [2.05, 4.69) is 10.3 Å². The summed E-state index contributed by atoms with van der Waals surface area (Å²) in [6, 6.07) is 9.33. The van der Waals surface area contributed by atoms with Crippen molar-refractivity contribution in [3.05, 3.63) is 52.8 Å². The van der Waals surface area contributed by atoms with E-state index in [4.69, 9.17) is 16.3 Å². The first-order valence-corrected chi connectivity index (χ1v) is 6.10. The quantitative estimate of drug-likeness (QED) is 0.915. The Morgan fingerprint density at radius 2 is 2.11 bits per heavy atom. The molecule has 0 bridgehead atoms. The normalized spacial score (nSPS) is 10.4. The number of aromatic nitrogens is 1. The van der Waals surface area contributed by atoms with Crippen molar-refractivity contribution >= 4 is 11.6 Å². The van der Waals surface area contributed by atoms with Crippen LogP contribution in [0.1, 0.15) is 11.3 Å². The first kappa shape index (κ1) is 12.9. The van der Waals surface area contributed by atoms with E-state index in [0.717, 1.165) is 29.3 Å². The second kappa shape index (κ2) is 5.85. The van der Waals surface area contributed by atoms with Gasteiger partial charge in [0.05, 0.1) is 5.69 Å². The lowest BCUT2D eigenvalue weighted by Gasteiger charge is -2.09. The first-order chi connectivity index (χ1) is 8.69. The molecule has 0 fully saturated rings. The van der Waals surface area contributed by atoms with E-state index in [1.54, 1.807) is 6.20 Å². The maximum atomic E-state index is 5.91. The summed E-state index contributed by atoms with van der Waals surface area (Å²) < 4.78 is 5.82. The average molecular weight is 263 g/mol. The predicted octanol–water partition coefficient (Wildman–Crippen LogP) is 3.56. The molecule has 0 spiro atoms. The molecule has 0 aliphatic carbocycles. The zero-order chi connectivity index (χ0) is 13.0. The number of pyridine rings is 1. The van der Waals surface area contributed by atoms with Gasteiger partial charge < -0.3 is 10.1 Å². The number of hydrogen-bond acceptors (Lipinski definition) is 3. The summed E-state index contributed by atoms with van der Waals surface area (Å²) in [7, 11) is 1.89. The Morgan fingerprint density at radius 3 is 2.83 bits per heavy atom. The second-order valence-electron chi connectivity index (χ2n) is 4.03.